The highest BCUT2D eigenvalue weighted by Crippen LogP contribution is 2.63. The van der Waals surface area contributed by atoms with Gasteiger partial charge in [-0.2, -0.15) is 0 Å². The first-order valence-electron chi connectivity index (χ1n) is 11.8. The summed E-state index contributed by atoms with van der Waals surface area (Å²) in [4.78, 5) is 41.7. The second-order valence-corrected chi connectivity index (χ2v) is 11.3. The molecule has 0 N–H and O–H groups in total. The summed E-state index contributed by atoms with van der Waals surface area (Å²) in [6.45, 7) is 9.16. The van der Waals surface area contributed by atoms with Crippen molar-refractivity contribution in [2.75, 3.05) is 11.5 Å². The summed E-state index contributed by atoms with van der Waals surface area (Å²) in [5.41, 5.74) is -0.630. The molecule has 0 saturated carbocycles. The summed E-state index contributed by atoms with van der Waals surface area (Å²) in [5, 5.41) is 0.217. The number of amides is 2. The predicted octanol–water partition coefficient (Wildman–Crippen LogP) is 6.60. The van der Waals surface area contributed by atoms with Crippen molar-refractivity contribution in [1.82, 2.24) is 0 Å². The fourth-order valence-corrected chi connectivity index (χ4v) is 6.09. The van der Waals surface area contributed by atoms with Gasteiger partial charge in [-0.25, -0.2) is 14.1 Å². The average molecular weight is 532 g/mol. The molecule has 8 heteroatoms. The Balaban J connectivity index is 2.12. The molecule has 1 heterocycles. The predicted molar refractivity (Wildman–Crippen MR) is 138 cm³/mol. The summed E-state index contributed by atoms with van der Waals surface area (Å²) < 4.78 is 21.0. The average Bonchev–Trinajstić information content (AvgIpc) is 3.22. The molecule has 0 radical (unpaired) electrons. The number of esters is 1. The normalized spacial score (nSPS) is 23.2. The van der Waals surface area contributed by atoms with E-state index in [9.17, 15) is 14.4 Å². The first kappa shape index (κ1) is 26.4. The van der Waals surface area contributed by atoms with Crippen molar-refractivity contribution in [3.05, 3.63) is 75.0 Å². The second-order valence-electron chi connectivity index (χ2n) is 10.5. The van der Waals surface area contributed by atoms with E-state index in [1.54, 1.807) is 37.3 Å². The van der Waals surface area contributed by atoms with Crippen LogP contribution in [-0.2, 0) is 24.5 Å². The standard InChI is InChI=1S/C28H28Cl2FNO4/c1-6-36-25(34)19-12-16(14-27(3,4)5)28(23(19)18-8-7-9-21(30)24(18)31)20-11-10-17(29)13-22(20)32(15(2)33)26(28)35/h7-13,16,23H,6,14H2,1-5H3/t16-,23+,28-/m1/s1. The van der Waals surface area contributed by atoms with Crippen molar-refractivity contribution in [2.24, 2.45) is 11.3 Å². The van der Waals surface area contributed by atoms with Crippen LogP contribution in [0.4, 0.5) is 10.1 Å². The summed E-state index contributed by atoms with van der Waals surface area (Å²) in [5.74, 6) is -4.00. The van der Waals surface area contributed by atoms with Gasteiger partial charge in [0.2, 0.25) is 11.8 Å². The van der Waals surface area contributed by atoms with Gasteiger partial charge in [-0.1, -0.05) is 68.2 Å². The number of carbonyl (C=O) groups is 3. The van der Waals surface area contributed by atoms with Crippen molar-refractivity contribution >= 4 is 46.7 Å². The SMILES string of the molecule is CCOC(=O)C1=C[C@H](CC(C)(C)C)[C@]2(C(=O)N(C(C)=O)c3cc(Cl)ccc32)[C@H]1c1cccc(Cl)c1F. The maximum Gasteiger partial charge on any atom is 0.334 e. The minimum atomic E-state index is -1.48. The number of allylic oxidation sites excluding steroid dienone is 1. The van der Waals surface area contributed by atoms with Crippen LogP contribution in [0.1, 0.15) is 58.1 Å². The van der Waals surface area contributed by atoms with E-state index in [0.29, 0.717) is 22.7 Å². The number of hydrogen-bond donors (Lipinski definition) is 0. The molecule has 4 rings (SSSR count). The minimum absolute atomic E-state index is 0.0952. The van der Waals surface area contributed by atoms with E-state index in [1.807, 2.05) is 20.8 Å². The zero-order valence-corrected chi connectivity index (χ0v) is 22.3. The molecule has 2 amide bonds. The first-order chi connectivity index (χ1) is 16.8. The highest BCUT2D eigenvalue weighted by molar-refractivity contribution is 6.32. The molecule has 1 spiro atoms. The molecular formula is C28H28Cl2FNO4. The van der Waals surface area contributed by atoms with Gasteiger partial charge in [0.15, 0.2) is 0 Å². The van der Waals surface area contributed by atoms with Gasteiger partial charge in [0, 0.05) is 23.4 Å². The van der Waals surface area contributed by atoms with E-state index in [4.69, 9.17) is 27.9 Å². The molecule has 0 unspecified atom stereocenters. The largest absolute Gasteiger partial charge is 0.463 e. The van der Waals surface area contributed by atoms with E-state index in [1.165, 1.54) is 19.1 Å². The lowest BCUT2D eigenvalue weighted by Gasteiger charge is -2.39. The minimum Gasteiger partial charge on any atom is -0.463 e. The highest BCUT2D eigenvalue weighted by Gasteiger charge is 2.65. The molecule has 0 saturated heterocycles. The van der Waals surface area contributed by atoms with Crippen LogP contribution in [-0.4, -0.2) is 24.4 Å². The molecule has 5 nitrogen and oxygen atoms in total. The van der Waals surface area contributed by atoms with Crippen molar-refractivity contribution in [3.8, 4) is 0 Å². The molecule has 1 aliphatic carbocycles. The van der Waals surface area contributed by atoms with Crippen LogP contribution in [0.5, 0.6) is 0 Å². The molecule has 0 aromatic heterocycles. The van der Waals surface area contributed by atoms with E-state index in [2.05, 4.69) is 0 Å². The summed E-state index contributed by atoms with van der Waals surface area (Å²) in [6, 6.07) is 9.42. The first-order valence-corrected chi connectivity index (χ1v) is 12.6. The lowest BCUT2D eigenvalue weighted by atomic mass is 9.61. The molecule has 2 aliphatic rings. The lowest BCUT2D eigenvalue weighted by Crippen LogP contribution is -2.49. The van der Waals surface area contributed by atoms with Crippen LogP contribution in [0.15, 0.2) is 48.0 Å². The number of halogens is 3. The van der Waals surface area contributed by atoms with Gasteiger partial charge in [-0.05, 0) is 54.0 Å². The molecule has 0 fully saturated rings. The monoisotopic (exact) mass is 531 g/mol. The second kappa shape index (κ2) is 9.31. The maximum absolute atomic E-state index is 15.7. The zero-order chi connectivity index (χ0) is 26.6. The Labute approximate surface area is 220 Å². The van der Waals surface area contributed by atoms with Crippen molar-refractivity contribution < 1.29 is 23.5 Å². The van der Waals surface area contributed by atoms with Crippen LogP contribution < -0.4 is 4.90 Å². The van der Waals surface area contributed by atoms with E-state index >= 15 is 4.39 Å². The molecular weight excluding hydrogens is 504 g/mol. The maximum atomic E-state index is 15.7. The quantitative estimate of drug-likeness (QED) is 0.416. The van der Waals surface area contributed by atoms with Gasteiger partial charge in [-0.3, -0.25) is 9.59 Å². The van der Waals surface area contributed by atoms with Crippen molar-refractivity contribution in [2.45, 2.75) is 52.4 Å². The van der Waals surface area contributed by atoms with Gasteiger partial charge in [0.05, 0.1) is 22.7 Å². The van der Waals surface area contributed by atoms with Gasteiger partial charge < -0.3 is 4.74 Å². The smallest absolute Gasteiger partial charge is 0.334 e. The Bertz CT molecular complexity index is 1300. The number of hydrogen-bond acceptors (Lipinski definition) is 4. The van der Waals surface area contributed by atoms with Gasteiger partial charge in [-0.15, -0.1) is 0 Å². The molecule has 3 atom stereocenters. The zero-order valence-electron chi connectivity index (χ0n) is 20.8. The number of fused-ring (bicyclic) bond motifs is 2. The molecule has 2 aromatic carbocycles. The Morgan fingerprint density at radius 1 is 1.17 bits per heavy atom. The number of ether oxygens (including phenoxy) is 1. The molecule has 190 valence electrons. The van der Waals surface area contributed by atoms with Crippen LogP contribution in [0.25, 0.3) is 0 Å². The van der Waals surface area contributed by atoms with Gasteiger partial charge in [0.1, 0.15) is 5.82 Å². The van der Waals surface area contributed by atoms with Crippen molar-refractivity contribution in [1.29, 1.82) is 0 Å². The number of imide groups is 1. The number of anilines is 1. The fourth-order valence-electron chi connectivity index (χ4n) is 5.74. The lowest BCUT2D eigenvalue weighted by molar-refractivity contribution is -0.138. The topological polar surface area (TPSA) is 63.7 Å². The Hall–Kier alpha value is -2.70. The van der Waals surface area contributed by atoms with E-state index in [-0.39, 0.29) is 28.2 Å². The number of carbonyl (C=O) groups excluding carboxylic acids is 3. The third-order valence-electron chi connectivity index (χ3n) is 6.89. The fraction of sp³-hybridized carbons (Fsp3) is 0.393. The molecule has 36 heavy (non-hydrogen) atoms. The molecule has 0 bridgehead atoms. The van der Waals surface area contributed by atoms with Crippen LogP contribution in [0, 0.1) is 17.2 Å². The van der Waals surface area contributed by atoms with Gasteiger partial charge >= 0.3 is 5.97 Å². The third kappa shape index (κ3) is 4.04. The number of benzene rings is 2. The molecule has 1 aliphatic heterocycles. The summed E-state index contributed by atoms with van der Waals surface area (Å²) in [6.07, 6.45) is 2.21. The Morgan fingerprint density at radius 3 is 2.47 bits per heavy atom. The van der Waals surface area contributed by atoms with E-state index < -0.39 is 40.9 Å². The van der Waals surface area contributed by atoms with E-state index in [0.717, 1.165) is 4.90 Å². The number of rotatable bonds is 4. The Morgan fingerprint density at radius 2 is 1.86 bits per heavy atom. The number of nitrogens with zero attached hydrogens (tertiary/aromatic N) is 1. The van der Waals surface area contributed by atoms with Crippen LogP contribution in [0.3, 0.4) is 0 Å². The van der Waals surface area contributed by atoms with Crippen LogP contribution >= 0.6 is 23.2 Å². The third-order valence-corrected chi connectivity index (χ3v) is 7.41. The molecule has 2 aromatic rings. The summed E-state index contributed by atoms with van der Waals surface area (Å²) >= 11 is 12.5. The van der Waals surface area contributed by atoms with Crippen molar-refractivity contribution in [3.63, 3.8) is 0 Å². The Kier molecular flexibility index (Phi) is 6.82. The van der Waals surface area contributed by atoms with Gasteiger partial charge in [0.25, 0.3) is 0 Å². The van der Waals surface area contributed by atoms with Crippen LogP contribution in [0.2, 0.25) is 10.0 Å². The highest BCUT2D eigenvalue weighted by atomic mass is 35.5. The summed E-state index contributed by atoms with van der Waals surface area (Å²) in [7, 11) is 0.